The first-order chi connectivity index (χ1) is 12.9. The summed E-state index contributed by atoms with van der Waals surface area (Å²) >= 11 is 0. The largest absolute Gasteiger partial charge is 0.355 e. The first-order valence-electron chi connectivity index (χ1n) is 9.76. The number of amides is 1. The number of carbonyl (C=O) groups excluding carboxylic acids is 1. The fourth-order valence-electron chi connectivity index (χ4n) is 3.87. The van der Waals surface area contributed by atoms with Gasteiger partial charge in [0.25, 0.3) is 0 Å². The summed E-state index contributed by atoms with van der Waals surface area (Å²) in [6.07, 6.45) is 4.12. The Kier molecular flexibility index (Phi) is 10.2. The van der Waals surface area contributed by atoms with Crippen LogP contribution in [0.3, 0.4) is 0 Å². The number of hydrogen-bond donors (Lipinski definition) is 2. The van der Waals surface area contributed by atoms with E-state index in [0.717, 1.165) is 38.2 Å². The topological polar surface area (TPSA) is 60.0 Å². The van der Waals surface area contributed by atoms with Crippen molar-refractivity contribution in [2.45, 2.75) is 38.8 Å². The van der Waals surface area contributed by atoms with Crippen molar-refractivity contribution in [1.29, 1.82) is 0 Å². The molecule has 1 aromatic carbocycles. The molecule has 0 atom stereocenters. The zero-order valence-electron chi connectivity index (χ0n) is 17.9. The molecule has 0 bridgehead atoms. The number of benzene rings is 1. The van der Waals surface area contributed by atoms with Crippen LogP contribution in [-0.2, 0) is 17.9 Å². The second kappa shape index (κ2) is 11.6. The molecule has 1 aliphatic carbocycles. The summed E-state index contributed by atoms with van der Waals surface area (Å²) in [5.74, 6) is 0.965. The van der Waals surface area contributed by atoms with Crippen LogP contribution in [0.15, 0.2) is 29.3 Å². The predicted octanol–water partition coefficient (Wildman–Crippen LogP) is 2.68. The molecule has 0 heterocycles. The molecule has 0 spiro atoms. The van der Waals surface area contributed by atoms with Gasteiger partial charge in [-0.3, -0.25) is 9.79 Å². The Hall–Kier alpha value is -1.35. The second-order valence-corrected chi connectivity index (χ2v) is 7.97. The molecule has 2 N–H and O–H groups in total. The van der Waals surface area contributed by atoms with E-state index in [1.54, 1.807) is 11.9 Å². The summed E-state index contributed by atoms with van der Waals surface area (Å²) in [6, 6.07) is 8.45. The molecule has 6 nitrogen and oxygen atoms in total. The van der Waals surface area contributed by atoms with Crippen LogP contribution in [0, 0.1) is 5.41 Å². The number of nitrogens with zero attached hydrogens (tertiary/aromatic N) is 3. The maximum atomic E-state index is 12.7. The summed E-state index contributed by atoms with van der Waals surface area (Å²) in [5.41, 5.74) is 2.26. The van der Waals surface area contributed by atoms with E-state index in [0.29, 0.717) is 13.1 Å². The van der Waals surface area contributed by atoms with Crippen LogP contribution in [-0.4, -0.2) is 63.4 Å². The molecular formula is C21H36IN5O. The lowest BCUT2D eigenvalue weighted by atomic mass is 9.84. The van der Waals surface area contributed by atoms with Crippen molar-refractivity contribution < 1.29 is 4.79 Å². The van der Waals surface area contributed by atoms with Crippen LogP contribution in [0.4, 0.5) is 0 Å². The van der Waals surface area contributed by atoms with E-state index >= 15 is 0 Å². The Morgan fingerprint density at radius 1 is 1.07 bits per heavy atom. The number of nitrogens with one attached hydrogen (secondary N) is 2. The average Bonchev–Trinajstić information content (AvgIpc) is 3.12. The number of aliphatic imine (C=N–C) groups is 1. The molecule has 0 aliphatic heterocycles. The van der Waals surface area contributed by atoms with Crippen molar-refractivity contribution >= 4 is 35.8 Å². The molecule has 0 saturated heterocycles. The zero-order valence-corrected chi connectivity index (χ0v) is 20.2. The normalized spacial score (nSPS) is 15.9. The van der Waals surface area contributed by atoms with Gasteiger partial charge in [-0.2, -0.15) is 0 Å². The van der Waals surface area contributed by atoms with Crippen molar-refractivity contribution in [1.82, 2.24) is 20.4 Å². The highest BCUT2D eigenvalue weighted by molar-refractivity contribution is 14.0. The molecule has 1 fully saturated rings. The molecule has 7 heteroatoms. The molecule has 28 heavy (non-hydrogen) atoms. The Balaban J connectivity index is 0.00000392. The van der Waals surface area contributed by atoms with Gasteiger partial charge in [0.2, 0.25) is 5.91 Å². The smallest absolute Gasteiger partial charge is 0.230 e. The summed E-state index contributed by atoms with van der Waals surface area (Å²) in [4.78, 5) is 21.0. The van der Waals surface area contributed by atoms with Gasteiger partial charge in [-0.05, 0) is 38.1 Å². The molecule has 2 rings (SSSR count). The van der Waals surface area contributed by atoms with E-state index in [1.165, 1.54) is 11.1 Å². The van der Waals surface area contributed by atoms with Crippen molar-refractivity contribution in [2.75, 3.05) is 41.8 Å². The average molecular weight is 501 g/mol. The molecule has 1 saturated carbocycles. The molecule has 1 aliphatic rings. The van der Waals surface area contributed by atoms with Crippen LogP contribution in [0.25, 0.3) is 0 Å². The van der Waals surface area contributed by atoms with Gasteiger partial charge in [-0.15, -0.1) is 24.0 Å². The Bertz CT molecular complexity index is 654. The SMILES string of the molecule is CN=C(NCc1ccccc1CN(C)C)NCC1(C(=O)N(C)C)CCCC1.I. The molecule has 1 aromatic rings. The summed E-state index contributed by atoms with van der Waals surface area (Å²) < 4.78 is 0. The van der Waals surface area contributed by atoms with E-state index in [9.17, 15) is 4.79 Å². The molecular weight excluding hydrogens is 465 g/mol. The van der Waals surface area contributed by atoms with Gasteiger partial charge < -0.3 is 20.4 Å². The van der Waals surface area contributed by atoms with Crippen LogP contribution in [0.2, 0.25) is 0 Å². The standard InChI is InChI=1S/C21H35N5O.HI/c1-22-20(23-14-17-10-6-7-11-18(17)15-25(2)3)24-16-21(12-8-9-13-21)19(27)26(4)5;/h6-7,10-11H,8-9,12-16H2,1-5H3,(H2,22,23,24);1H. The fourth-order valence-corrected chi connectivity index (χ4v) is 3.87. The Morgan fingerprint density at radius 2 is 1.68 bits per heavy atom. The molecule has 0 radical (unpaired) electrons. The molecule has 0 aromatic heterocycles. The predicted molar refractivity (Wildman–Crippen MR) is 127 cm³/mol. The minimum atomic E-state index is -0.302. The third-order valence-electron chi connectivity index (χ3n) is 5.29. The molecule has 1 amide bonds. The monoisotopic (exact) mass is 501 g/mol. The lowest BCUT2D eigenvalue weighted by molar-refractivity contribution is -0.138. The van der Waals surface area contributed by atoms with Crippen LogP contribution >= 0.6 is 24.0 Å². The minimum absolute atomic E-state index is 0. The summed E-state index contributed by atoms with van der Waals surface area (Å²) in [5, 5.41) is 6.80. The zero-order chi connectivity index (χ0) is 19.9. The Labute approximate surface area is 187 Å². The van der Waals surface area contributed by atoms with Gasteiger partial charge in [-0.25, -0.2) is 0 Å². The van der Waals surface area contributed by atoms with Gasteiger partial charge in [0.05, 0.1) is 5.41 Å². The van der Waals surface area contributed by atoms with Crippen molar-refractivity contribution in [3.8, 4) is 0 Å². The van der Waals surface area contributed by atoms with Crippen molar-refractivity contribution in [3.05, 3.63) is 35.4 Å². The van der Waals surface area contributed by atoms with E-state index in [4.69, 9.17) is 0 Å². The van der Waals surface area contributed by atoms with E-state index in [1.807, 2.05) is 14.1 Å². The highest BCUT2D eigenvalue weighted by Crippen LogP contribution is 2.38. The lowest BCUT2D eigenvalue weighted by Crippen LogP contribution is -2.49. The third-order valence-corrected chi connectivity index (χ3v) is 5.29. The molecule has 158 valence electrons. The van der Waals surface area contributed by atoms with E-state index < -0.39 is 0 Å². The van der Waals surface area contributed by atoms with Gasteiger partial charge in [0, 0.05) is 40.8 Å². The van der Waals surface area contributed by atoms with E-state index in [-0.39, 0.29) is 35.3 Å². The number of halogens is 1. The Morgan fingerprint density at radius 3 is 2.21 bits per heavy atom. The number of carbonyl (C=O) groups is 1. The fraction of sp³-hybridized carbons (Fsp3) is 0.619. The first-order valence-corrected chi connectivity index (χ1v) is 9.76. The lowest BCUT2D eigenvalue weighted by Gasteiger charge is -2.31. The summed E-state index contributed by atoms with van der Waals surface area (Å²) in [7, 11) is 9.62. The third kappa shape index (κ3) is 6.62. The maximum absolute atomic E-state index is 12.7. The number of guanidine groups is 1. The minimum Gasteiger partial charge on any atom is -0.355 e. The van der Waals surface area contributed by atoms with Crippen LogP contribution < -0.4 is 10.6 Å². The maximum Gasteiger partial charge on any atom is 0.230 e. The van der Waals surface area contributed by atoms with Gasteiger partial charge in [-0.1, -0.05) is 37.1 Å². The van der Waals surface area contributed by atoms with Crippen LogP contribution in [0.5, 0.6) is 0 Å². The summed E-state index contributed by atoms with van der Waals surface area (Å²) in [6.45, 7) is 2.24. The number of rotatable bonds is 7. The first kappa shape index (κ1) is 24.7. The highest BCUT2D eigenvalue weighted by atomic mass is 127. The van der Waals surface area contributed by atoms with Crippen LogP contribution in [0.1, 0.15) is 36.8 Å². The van der Waals surface area contributed by atoms with E-state index in [2.05, 4.69) is 58.9 Å². The van der Waals surface area contributed by atoms with Crippen molar-refractivity contribution in [3.63, 3.8) is 0 Å². The molecule has 0 unspecified atom stereocenters. The van der Waals surface area contributed by atoms with Gasteiger partial charge in [0.1, 0.15) is 0 Å². The number of hydrogen-bond acceptors (Lipinski definition) is 3. The second-order valence-electron chi connectivity index (χ2n) is 7.97. The quantitative estimate of drug-likeness (QED) is 0.343. The van der Waals surface area contributed by atoms with Gasteiger partial charge in [0.15, 0.2) is 5.96 Å². The van der Waals surface area contributed by atoms with Gasteiger partial charge >= 0.3 is 0 Å². The highest BCUT2D eigenvalue weighted by Gasteiger charge is 2.42. The van der Waals surface area contributed by atoms with Crippen molar-refractivity contribution in [2.24, 2.45) is 10.4 Å².